The summed E-state index contributed by atoms with van der Waals surface area (Å²) in [5.41, 5.74) is 2.55. The van der Waals surface area contributed by atoms with Gasteiger partial charge in [0.2, 0.25) is 0 Å². The fourth-order valence-corrected chi connectivity index (χ4v) is 2.50. The molecule has 1 aliphatic carbocycles. The summed E-state index contributed by atoms with van der Waals surface area (Å²) in [7, 11) is 0. The van der Waals surface area contributed by atoms with Gasteiger partial charge in [-0.25, -0.2) is 0 Å². The summed E-state index contributed by atoms with van der Waals surface area (Å²) in [6, 6.07) is 8.32. The van der Waals surface area contributed by atoms with E-state index in [1.807, 2.05) is 13.0 Å². The van der Waals surface area contributed by atoms with Crippen molar-refractivity contribution < 1.29 is 9.53 Å². The molecule has 0 amide bonds. The molecule has 98 valence electrons. The lowest BCUT2D eigenvalue weighted by atomic mass is 9.98. The molecule has 0 radical (unpaired) electrons. The van der Waals surface area contributed by atoms with E-state index >= 15 is 0 Å². The first kappa shape index (κ1) is 13.4. The molecule has 0 aromatic heterocycles. The minimum Gasteiger partial charge on any atom is -0.466 e. The lowest BCUT2D eigenvalue weighted by Crippen LogP contribution is -2.06. The van der Waals surface area contributed by atoms with Crippen LogP contribution in [0.1, 0.15) is 55.0 Å². The Balaban J connectivity index is 1.96. The Bertz CT molecular complexity index is 413. The Morgan fingerprint density at radius 3 is 2.83 bits per heavy atom. The van der Waals surface area contributed by atoms with Gasteiger partial charge < -0.3 is 4.74 Å². The van der Waals surface area contributed by atoms with E-state index < -0.39 is 0 Å². The highest BCUT2D eigenvalue weighted by Crippen LogP contribution is 2.44. The van der Waals surface area contributed by atoms with Gasteiger partial charge in [0.25, 0.3) is 0 Å². The first-order valence-electron chi connectivity index (χ1n) is 6.61. The number of halogens is 1. The third kappa shape index (κ3) is 3.49. The van der Waals surface area contributed by atoms with Gasteiger partial charge in [0.15, 0.2) is 0 Å². The maximum atomic E-state index is 11.3. The van der Waals surface area contributed by atoms with E-state index in [1.54, 1.807) is 0 Å². The first-order valence-corrected chi connectivity index (χ1v) is 7.04. The van der Waals surface area contributed by atoms with Gasteiger partial charge in [-0.2, -0.15) is 0 Å². The minimum absolute atomic E-state index is 0.0915. The average molecular weight is 267 g/mol. The third-order valence-electron chi connectivity index (χ3n) is 3.26. The predicted molar refractivity (Wildman–Crippen MR) is 72.9 cm³/mol. The number of carbonyl (C=O) groups excluding carboxylic acids is 1. The highest BCUT2D eigenvalue weighted by Gasteiger charge is 2.27. The molecule has 0 spiro atoms. The molecule has 1 atom stereocenters. The van der Waals surface area contributed by atoms with Gasteiger partial charge in [-0.05, 0) is 43.2 Å². The van der Waals surface area contributed by atoms with E-state index in [0.717, 1.165) is 0 Å². The fourth-order valence-electron chi connectivity index (χ4n) is 2.20. The predicted octanol–water partition coefficient (Wildman–Crippen LogP) is 4.19. The molecule has 0 heterocycles. The minimum atomic E-state index is -0.160. The largest absolute Gasteiger partial charge is 0.466 e. The molecule has 1 fully saturated rings. The zero-order valence-corrected chi connectivity index (χ0v) is 11.5. The number of esters is 1. The molecule has 1 aliphatic rings. The number of benzene rings is 1. The maximum Gasteiger partial charge on any atom is 0.305 e. The second-order valence-electron chi connectivity index (χ2n) is 4.71. The molecule has 0 N–H and O–H groups in total. The fraction of sp³-hybridized carbons (Fsp3) is 0.533. The smallest absolute Gasteiger partial charge is 0.305 e. The van der Waals surface area contributed by atoms with Crippen LogP contribution >= 0.6 is 11.6 Å². The quantitative estimate of drug-likeness (QED) is 0.570. The van der Waals surface area contributed by atoms with Gasteiger partial charge in [-0.1, -0.05) is 24.3 Å². The number of alkyl halides is 1. The van der Waals surface area contributed by atoms with Crippen LogP contribution in [-0.2, 0) is 9.53 Å². The summed E-state index contributed by atoms with van der Waals surface area (Å²) in [5.74, 6) is 0.525. The summed E-state index contributed by atoms with van der Waals surface area (Å²) in [6.07, 6.45) is 3.56. The molecule has 0 saturated heterocycles. The van der Waals surface area contributed by atoms with Crippen molar-refractivity contribution in [2.45, 2.75) is 43.9 Å². The van der Waals surface area contributed by atoms with Gasteiger partial charge in [0, 0.05) is 6.42 Å². The first-order chi connectivity index (χ1) is 8.72. The van der Waals surface area contributed by atoms with Gasteiger partial charge in [-0.15, -0.1) is 11.6 Å². The molecule has 1 saturated carbocycles. The van der Waals surface area contributed by atoms with Crippen molar-refractivity contribution in [3.63, 3.8) is 0 Å². The SMILES string of the molecule is CCOC(=O)CCC(Cl)c1ccccc1C1CC1. The summed E-state index contributed by atoms with van der Waals surface area (Å²) in [6.45, 7) is 2.25. The highest BCUT2D eigenvalue weighted by molar-refractivity contribution is 6.21. The highest BCUT2D eigenvalue weighted by atomic mass is 35.5. The number of hydrogen-bond acceptors (Lipinski definition) is 2. The molecular weight excluding hydrogens is 248 g/mol. The van der Waals surface area contributed by atoms with Gasteiger partial charge in [-0.3, -0.25) is 4.79 Å². The molecule has 2 rings (SSSR count). The van der Waals surface area contributed by atoms with Crippen LogP contribution in [0.5, 0.6) is 0 Å². The summed E-state index contributed by atoms with van der Waals surface area (Å²) in [5, 5.41) is -0.0915. The van der Waals surface area contributed by atoms with E-state index in [0.29, 0.717) is 25.4 Å². The number of ether oxygens (including phenoxy) is 1. The zero-order valence-electron chi connectivity index (χ0n) is 10.7. The van der Waals surface area contributed by atoms with Crippen LogP contribution in [0, 0.1) is 0 Å². The van der Waals surface area contributed by atoms with Crippen LogP contribution < -0.4 is 0 Å². The number of carbonyl (C=O) groups is 1. The summed E-state index contributed by atoms with van der Waals surface area (Å²) >= 11 is 6.42. The Labute approximate surface area is 113 Å². The van der Waals surface area contributed by atoms with Crippen molar-refractivity contribution in [2.75, 3.05) is 6.61 Å². The topological polar surface area (TPSA) is 26.3 Å². The molecule has 1 unspecified atom stereocenters. The molecule has 0 bridgehead atoms. The van der Waals surface area contributed by atoms with Crippen molar-refractivity contribution in [2.24, 2.45) is 0 Å². The van der Waals surface area contributed by atoms with Crippen molar-refractivity contribution in [3.05, 3.63) is 35.4 Å². The molecule has 18 heavy (non-hydrogen) atoms. The molecule has 1 aromatic carbocycles. The van der Waals surface area contributed by atoms with Crippen LogP contribution in [0.15, 0.2) is 24.3 Å². The van der Waals surface area contributed by atoms with E-state index in [2.05, 4.69) is 18.2 Å². The van der Waals surface area contributed by atoms with Crippen LogP contribution in [0.4, 0.5) is 0 Å². The molecule has 2 nitrogen and oxygen atoms in total. The Morgan fingerprint density at radius 2 is 2.17 bits per heavy atom. The maximum absolute atomic E-state index is 11.3. The van der Waals surface area contributed by atoms with Gasteiger partial charge >= 0.3 is 5.97 Å². The average Bonchev–Trinajstić information content (AvgIpc) is 3.20. The van der Waals surface area contributed by atoms with Crippen LogP contribution in [0.25, 0.3) is 0 Å². The third-order valence-corrected chi connectivity index (χ3v) is 3.71. The van der Waals surface area contributed by atoms with Crippen molar-refractivity contribution in [3.8, 4) is 0 Å². The second kappa shape index (κ2) is 6.24. The lowest BCUT2D eigenvalue weighted by molar-refractivity contribution is -0.143. The summed E-state index contributed by atoms with van der Waals surface area (Å²) in [4.78, 5) is 11.3. The zero-order chi connectivity index (χ0) is 13.0. The van der Waals surface area contributed by atoms with Gasteiger partial charge in [0.05, 0.1) is 12.0 Å². The van der Waals surface area contributed by atoms with Crippen molar-refractivity contribution >= 4 is 17.6 Å². The monoisotopic (exact) mass is 266 g/mol. The normalized spacial score (nSPS) is 16.3. The Hall–Kier alpha value is -1.02. The van der Waals surface area contributed by atoms with E-state index in [4.69, 9.17) is 16.3 Å². The van der Waals surface area contributed by atoms with E-state index in [9.17, 15) is 4.79 Å². The summed E-state index contributed by atoms with van der Waals surface area (Å²) < 4.78 is 4.92. The molecular formula is C15H19ClO2. The van der Waals surface area contributed by atoms with Crippen molar-refractivity contribution in [1.29, 1.82) is 0 Å². The Morgan fingerprint density at radius 1 is 1.44 bits per heavy atom. The van der Waals surface area contributed by atoms with E-state index in [-0.39, 0.29) is 11.3 Å². The molecule has 3 heteroatoms. The number of rotatable bonds is 6. The standard InChI is InChI=1S/C15H19ClO2/c1-2-18-15(17)10-9-14(16)13-6-4-3-5-12(13)11-7-8-11/h3-6,11,14H,2,7-10H2,1H3. The molecule has 1 aromatic rings. The molecule has 0 aliphatic heterocycles. The second-order valence-corrected chi connectivity index (χ2v) is 5.24. The number of hydrogen-bond donors (Lipinski definition) is 0. The van der Waals surface area contributed by atoms with Crippen LogP contribution in [0.3, 0.4) is 0 Å². The van der Waals surface area contributed by atoms with Crippen molar-refractivity contribution in [1.82, 2.24) is 0 Å². The van der Waals surface area contributed by atoms with Crippen LogP contribution in [-0.4, -0.2) is 12.6 Å². The van der Waals surface area contributed by atoms with Gasteiger partial charge in [0.1, 0.15) is 0 Å². The lowest BCUT2D eigenvalue weighted by Gasteiger charge is -2.14. The van der Waals surface area contributed by atoms with Crippen LogP contribution in [0.2, 0.25) is 0 Å². The van der Waals surface area contributed by atoms with E-state index in [1.165, 1.54) is 24.0 Å². The Kier molecular flexibility index (Phi) is 4.65.